The van der Waals surface area contributed by atoms with E-state index < -0.39 is 0 Å². The van der Waals surface area contributed by atoms with Crippen LogP contribution in [-0.2, 0) is 6.54 Å². The molecule has 0 unspecified atom stereocenters. The van der Waals surface area contributed by atoms with Crippen molar-refractivity contribution < 1.29 is 4.79 Å². The number of rotatable bonds is 4. The number of nitrogens with one attached hydrogen (secondary N) is 1. The predicted octanol–water partition coefficient (Wildman–Crippen LogP) is 2.07. The maximum Gasteiger partial charge on any atom is 0.253 e. The standard InChI is InChI=1S/C17H13N5O/c18-11-13-4-3-5-14(10-13)12-19-17(23)15-6-1-2-7-16(15)22-9-8-20-21-22/h1-10H,12H2,(H,19,23). The molecule has 0 atom stereocenters. The van der Waals surface area contributed by atoms with Crippen LogP contribution >= 0.6 is 0 Å². The van der Waals surface area contributed by atoms with Gasteiger partial charge in [0.2, 0.25) is 0 Å². The monoisotopic (exact) mass is 303 g/mol. The second-order valence-electron chi connectivity index (χ2n) is 4.86. The molecule has 1 heterocycles. The van der Waals surface area contributed by atoms with Gasteiger partial charge in [-0.05, 0) is 29.8 Å². The Balaban J connectivity index is 1.78. The molecular weight excluding hydrogens is 290 g/mol. The molecule has 1 N–H and O–H groups in total. The molecular formula is C17H13N5O. The molecule has 0 fully saturated rings. The van der Waals surface area contributed by atoms with Gasteiger partial charge in [0.1, 0.15) is 0 Å². The number of benzene rings is 2. The highest BCUT2D eigenvalue weighted by Crippen LogP contribution is 2.13. The SMILES string of the molecule is N#Cc1cccc(CNC(=O)c2ccccc2-n2ccnn2)c1. The summed E-state index contributed by atoms with van der Waals surface area (Å²) < 4.78 is 1.55. The van der Waals surface area contributed by atoms with Gasteiger partial charge in [0.15, 0.2) is 0 Å². The minimum Gasteiger partial charge on any atom is -0.348 e. The molecule has 0 saturated heterocycles. The molecule has 0 radical (unpaired) electrons. The first-order valence-corrected chi connectivity index (χ1v) is 7.01. The lowest BCUT2D eigenvalue weighted by atomic mass is 10.1. The van der Waals surface area contributed by atoms with Crippen molar-refractivity contribution in [1.29, 1.82) is 5.26 Å². The lowest BCUT2D eigenvalue weighted by molar-refractivity contribution is 0.0950. The van der Waals surface area contributed by atoms with Gasteiger partial charge < -0.3 is 5.32 Å². The maximum atomic E-state index is 12.5. The fourth-order valence-corrected chi connectivity index (χ4v) is 2.23. The van der Waals surface area contributed by atoms with Gasteiger partial charge in [-0.25, -0.2) is 4.68 Å². The Morgan fingerprint density at radius 1 is 1.22 bits per heavy atom. The van der Waals surface area contributed by atoms with Gasteiger partial charge in [0, 0.05) is 6.54 Å². The minimum absolute atomic E-state index is 0.210. The van der Waals surface area contributed by atoms with E-state index in [-0.39, 0.29) is 5.91 Å². The summed E-state index contributed by atoms with van der Waals surface area (Å²) in [5.41, 5.74) is 2.61. The number of carbonyl (C=O) groups excluding carboxylic acids is 1. The molecule has 0 aliphatic rings. The molecule has 1 amide bonds. The predicted molar refractivity (Wildman–Crippen MR) is 83.7 cm³/mol. The second kappa shape index (κ2) is 6.54. The zero-order valence-corrected chi connectivity index (χ0v) is 12.2. The molecule has 6 heteroatoms. The zero-order chi connectivity index (χ0) is 16.1. The molecule has 0 saturated carbocycles. The summed E-state index contributed by atoms with van der Waals surface area (Å²) in [6.07, 6.45) is 3.24. The first kappa shape index (κ1) is 14.5. The molecule has 0 spiro atoms. The van der Waals surface area contributed by atoms with Crippen LogP contribution in [0.1, 0.15) is 21.5 Å². The highest BCUT2D eigenvalue weighted by atomic mass is 16.1. The summed E-state index contributed by atoms with van der Waals surface area (Å²) >= 11 is 0. The van der Waals surface area contributed by atoms with Crippen LogP contribution in [-0.4, -0.2) is 20.9 Å². The number of nitrogens with zero attached hydrogens (tertiary/aromatic N) is 4. The van der Waals surface area contributed by atoms with Crippen LogP contribution in [0.15, 0.2) is 60.9 Å². The van der Waals surface area contributed by atoms with E-state index in [2.05, 4.69) is 21.7 Å². The topological polar surface area (TPSA) is 83.6 Å². The molecule has 0 bridgehead atoms. The average Bonchev–Trinajstić information content (AvgIpc) is 3.14. The van der Waals surface area contributed by atoms with Gasteiger partial charge in [-0.15, -0.1) is 5.10 Å². The Bertz CT molecular complexity index is 865. The number of nitriles is 1. The third kappa shape index (κ3) is 3.24. The number of amides is 1. The summed E-state index contributed by atoms with van der Waals surface area (Å²) in [5, 5.41) is 19.4. The lowest BCUT2D eigenvalue weighted by Crippen LogP contribution is -2.24. The Kier molecular flexibility index (Phi) is 4.11. The molecule has 2 aromatic carbocycles. The number of carbonyl (C=O) groups is 1. The number of hydrogen-bond acceptors (Lipinski definition) is 4. The van der Waals surface area contributed by atoms with Gasteiger partial charge in [-0.2, -0.15) is 5.26 Å². The van der Waals surface area contributed by atoms with Crippen molar-refractivity contribution in [3.05, 3.63) is 77.6 Å². The van der Waals surface area contributed by atoms with Crippen LogP contribution in [0.3, 0.4) is 0 Å². The van der Waals surface area contributed by atoms with E-state index >= 15 is 0 Å². The molecule has 3 aromatic rings. The number of aromatic nitrogens is 3. The third-order valence-corrected chi connectivity index (χ3v) is 3.33. The third-order valence-electron chi connectivity index (χ3n) is 3.33. The van der Waals surface area contributed by atoms with Crippen molar-refractivity contribution in [2.45, 2.75) is 6.54 Å². The fourth-order valence-electron chi connectivity index (χ4n) is 2.23. The Labute approximate surface area is 133 Å². The van der Waals surface area contributed by atoms with Crippen LogP contribution in [0.2, 0.25) is 0 Å². The first-order chi connectivity index (χ1) is 11.3. The van der Waals surface area contributed by atoms with Crippen LogP contribution in [0.25, 0.3) is 5.69 Å². The van der Waals surface area contributed by atoms with Crippen LogP contribution in [0.5, 0.6) is 0 Å². The highest BCUT2D eigenvalue weighted by molar-refractivity contribution is 5.97. The van der Waals surface area contributed by atoms with Crippen molar-refractivity contribution in [3.8, 4) is 11.8 Å². The second-order valence-corrected chi connectivity index (χ2v) is 4.86. The molecule has 0 aliphatic carbocycles. The van der Waals surface area contributed by atoms with Crippen molar-refractivity contribution in [1.82, 2.24) is 20.3 Å². The van der Waals surface area contributed by atoms with Gasteiger partial charge in [0.25, 0.3) is 5.91 Å². The summed E-state index contributed by atoms with van der Waals surface area (Å²) in [6.45, 7) is 0.347. The first-order valence-electron chi connectivity index (χ1n) is 7.01. The van der Waals surface area contributed by atoms with Crippen molar-refractivity contribution in [2.75, 3.05) is 0 Å². The normalized spacial score (nSPS) is 10.0. The Hall–Kier alpha value is -3.46. The molecule has 1 aromatic heterocycles. The molecule has 23 heavy (non-hydrogen) atoms. The van der Waals surface area contributed by atoms with Gasteiger partial charge in [-0.3, -0.25) is 4.79 Å². The fraction of sp³-hybridized carbons (Fsp3) is 0.0588. The van der Waals surface area contributed by atoms with Crippen LogP contribution in [0.4, 0.5) is 0 Å². The van der Waals surface area contributed by atoms with E-state index in [1.54, 1.807) is 53.5 Å². The van der Waals surface area contributed by atoms with Crippen molar-refractivity contribution in [3.63, 3.8) is 0 Å². The van der Waals surface area contributed by atoms with E-state index in [0.717, 1.165) is 5.56 Å². The number of hydrogen-bond donors (Lipinski definition) is 1. The van der Waals surface area contributed by atoms with E-state index in [1.807, 2.05) is 12.1 Å². The summed E-state index contributed by atoms with van der Waals surface area (Å²) in [4.78, 5) is 12.5. The summed E-state index contributed by atoms with van der Waals surface area (Å²) in [7, 11) is 0. The minimum atomic E-state index is -0.210. The van der Waals surface area contributed by atoms with Crippen molar-refractivity contribution in [2.24, 2.45) is 0 Å². The number of para-hydroxylation sites is 1. The van der Waals surface area contributed by atoms with Gasteiger partial charge in [-0.1, -0.05) is 29.5 Å². The molecule has 6 nitrogen and oxygen atoms in total. The Morgan fingerprint density at radius 3 is 2.87 bits per heavy atom. The van der Waals surface area contributed by atoms with E-state index in [4.69, 9.17) is 5.26 Å². The smallest absolute Gasteiger partial charge is 0.253 e. The van der Waals surface area contributed by atoms with Crippen LogP contribution < -0.4 is 5.32 Å². The van der Waals surface area contributed by atoms with Crippen LogP contribution in [0, 0.1) is 11.3 Å². The zero-order valence-electron chi connectivity index (χ0n) is 12.2. The lowest BCUT2D eigenvalue weighted by Gasteiger charge is -2.10. The summed E-state index contributed by atoms with van der Waals surface area (Å²) in [6, 6.07) is 16.4. The highest BCUT2D eigenvalue weighted by Gasteiger charge is 2.12. The van der Waals surface area contributed by atoms with E-state index in [1.165, 1.54) is 0 Å². The Morgan fingerprint density at radius 2 is 2.09 bits per heavy atom. The van der Waals surface area contributed by atoms with Gasteiger partial charge >= 0.3 is 0 Å². The largest absolute Gasteiger partial charge is 0.348 e. The maximum absolute atomic E-state index is 12.5. The van der Waals surface area contributed by atoms with Gasteiger partial charge in [0.05, 0.1) is 35.3 Å². The summed E-state index contributed by atoms with van der Waals surface area (Å²) in [5.74, 6) is -0.210. The average molecular weight is 303 g/mol. The van der Waals surface area contributed by atoms with E-state index in [0.29, 0.717) is 23.4 Å². The van der Waals surface area contributed by atoms with Crippen molar-refractivity contribution >= 4 is 5.91 Å². The quantitative estimate of drug-likeness (QED) is 0.799. The molecule has 3 rings (SSSR count). The van der Waals surface area contributed by atoms with E-state index in [9.17, 15) is 4.79 Å². The molecule has 112 valence electrons. The molecule has 0 aliphatic heterocycles.